The first-order valence-corrected chi connectivity index (χ1v) is 8.85. The fourth-order valence-electron chi connectivity index (χ4n) is 2.99. The fourth-order valence-corrected chi connectivity index (χ4v) is 2.99. The van der Waals surface area contributed by atoms with Gasteiger partial charge in [-0.2, -0.15) is 0 Å². The van der Waals surface area contributed by atoms with E-state index >= 15 is 0 Å². The molecule has 3 N–H and O–H groups in total. The standard InChI is InChI=1S/C21H19N3O3/c1-12-9-19(25)17-11-16(7-8-18(17)22-12)24-21(27)14-3-2-4-15(10-14)23-20(26)13-5-6-13/h2-4,7-11,13H,5-6H2,1H3,(H,22,25)(H,23,26)(H,24,27). The zero-order valence-corrected chi connectivity index (χ0v) is 14.8. The van der Waals surface area contributed by atoms with Gasteiger partial charge in [0.15, 0.2) is 5.43 Å². The van der Waals surface area contributed by atoms with E-state index in [0.29, 0.717) is 22.3 Å². The Kier molecular flexibility index (Phi) is 4.24. The molecule has 3 aromatic rings. The Hall–Kier alpha value is -3.41. The third-order valence-corrected chi connectivity index (χ3v) is 4.56. The highest BCUT2D eigenvalue weighted by Gasteiger charge is 2.29. The normalized spacial score (nSPS) is 13.4. The second-order valence-electron chi connectivity index (χ2n) is 6.88. The molecule has 2 aromatic carbocycles. The monoisotopic (exact) mass is 361 g/mol. The summed E-state index contributed by atoms with van der Waals surface area (Å²) >= 11 is 0. The van der Waals surface area contributed by atoms with Crippen LogP contribution < -0.4 is 16.1 Å². The van der Waals surface area contributed by atoms with Gasteiger partial charge < -0.3 is 15.6 Å². The molecule has 6 nitrogen and oxygen atoms in total. The molecule has 0 bridgehead atoms. The number of pyridine rings is 1. The zero-order chi connectivity index (χ0) is 19.0. The number of hydrogen-bond acceptors (Lipinski definition) is 3. The third-order valence-electron chi connectivity index (χ3n) is 4.56. The Balaban J connectivity index is 1.54. The molecule has 136 valence electrons. The highest BCUT2D eigenvalue weighted by atomic mass is 16.2. The van der Waals surface area contributed by atoms with E-state index in [-0.39, 0.29) is 23.2 Å². The molecule has 0 unspecified atom stereocenters. The van der Waals surface area contributed by atoms with Gasteiger partial charge >= 0.3 is 0 Å². The first kappa shape index (κ1) is 17.0. The minimum Gasteiger partial charge on any atom is -0.358 e. The van der Waals surface area contributed by atoms with Crippen molar-refractivity contribution in [2.75, 3.05) is 10.6 Å². The van der Waals surface area contributed by atoms with Crippen LogP contribution in [-0.2, 0) is 4.79 Å². The van der Waals surface area contributed by atoms with E-state index in [1.165, 1.54) is 6.07 Å². The zero-order valence-electron chi connectivity index (χ0n) is 14.8. The third kappa shape index (κ3) is 3.74. The minimum absolute atomic E-state index is 0.00314. The van der Waals surface area contributed by atoms with E-state index in [2.05, 4.69) is 15.6 Å². The quantitative estimate of drug-likeness (QED) is 0.665. The van der Waals surface area contributed by atoms with Crippen molar-refractivity contribution >= 4 is 34.1 Å². The van der Waals surface area contributed by atoms with Crippen LogP contribution in [0.25, 0.3) is 10.9 Å². The van der Waals surface area contributed by atoms with E-state index < -0.39 is 0 Å². The SMILES string of the molecule is Cc1cc(=O)c2cc(NC(=O)c3cccc(NC(=O)C4CC4)c3)ccc2[nH]1. The number of aryl methyl sites for hydroxylation is 1. The number of carbonyl (C=O) groups excluding carboxylic acids is 2. The molecule has 1 fully saturated rings. The molecule has 0 aliphatic heterocycles. The highest BCUT2D eigenvalue weighted by molar-refractivity contribution is 6.06. The number of benzene rings is 2. The molecule has 6 heteroatoms. The second kappa shape index (κ2) is 6.72. The lowest BCUT2D eigenvalue weighted by Gasteiger charge is -2.09. The maximum absolute atomic E-state index is 12.6. The van der Waals surface area contributed by atoms with E-state index in [4.69, 9.17) is 0 Å². The van der Waals surface area contributed by atoms with Gasteiger partial charge in [0, 0.05) is 45.5 Å². The summed E-state index contributed by atoms with van der Waals surface area (Å²) < 4.78 is 0. The van der Waals surface area contributed by atoms with Gasteiger partial charge in [-0.1, -0.05) is 6.07 Å². The molecule has 27 heavy (non-hydrogen) atoms. The van der Waals surface area contributed by atoms with Gasteiger partial charge in [-0.15, -0.1) is 0 Å². The molecule has 1 aliphatic rings. The summed E-state index contributed by atoms with van der Waals surface area (Å²) in [6.07, 6.45) is 1.85. The van der Waals surface area contributed by atoms with Crippen molar-refractivity contribution in [3.63, 3.8) is 0 Å². The molecule has 1 saturated carbocycles. The number of hydrogen-bond donors (Lipinski definition) is 3. The van der Waals surface area contributed by atoms with Crippen molar-refractivity contribution < 1.29 is 9.59 Å². The van der Waals surface area contributed by atoms with Gasteiger partial charge in [0.05, 0.1) is 0 Å². The van der Waals surface area contributed by atoms with E-state index in [9.17, 15) is 14.4 Å². The average molecular weight is 361 g/mol. The molecule has 1 aliphatic carbocycles. The number of amides is 2. The van der Waals surface area contributed by atoms with Crippen molar-refractivity contribution in [2.45, 2.75) is 19.8 Å². The van der Waals surface area contributed by atoms with Crippen molar-refractivity contribution in [2.24, 2.45) is 5.92 Å². The number of aromatic nitrogens is 1. The van der Waals surface area contributed by atoms with Gasteiger partial charge in [-0.05, 0) is 56.2 Å². The molecule has 0 atom stereocenters. The summed E-state index contributed by atoms with van der Waals surface area (Å²) in [6, 6.07) is 13.5. The number of fused-ring (bicyclic) bond motifs is 1. The summed E-state index contributed by atoms with van der Waals surface area (Å²) in [5.74, 6) is -0.209. The van der Waals surface area contributed by atoms with E-state index in [0.717, 1.165) is 24.1 Å². The summed E-state index contributed by atoms with van der Waals surface area (Å²) in [7, 11) is 0. The maximum atomic E-state index is 12.6. The molecule has 1 heterocycles. The lowest BCUT2D eigenvalue weighted by molar-refractivity contribution is -0.117. The minimum atomic E-state index is -0.305. The average Bonchev–Trinajstić information content (AvgIpc) is 3.47. The van der Waals surface area contributed by atoms with Crippen molar-refractivity contribution in [1.82, 2.24) is 4.98 Å². The molecule has 0 spiro atoms. The topological polar surface area (TPSA) is 91.1 Å². The molecule has 2 amide bonds. The van der Waals surface area contributed by atoms with Crippen molar-refractivity contribution in [1.29, 1.82) is 0 Å². The maximum Gasteiger partial charge on any atom is 0.255 e. The summed E-state index contributed by atoms with van der Waals surface area (Å²) in [5, 5.41) is 6.16. The summed E-state index contributed by atoms with van der Waals surface area (Å²) in [5.41, 5.74) is 2.99. The number of nitrogens with one attached hydrogen (secondary N) is 3. The molecular formula is C21H19N3O3. The van der Waals surface area contributed by atoms with Gasteiger partial charge in [-0.25, -0.2) is 0 Å². The molecule has 1 aromatic heterocycles. The molecule has 0 radical (unpaired) electrons. The predicted molar refractivity (Wildman–Crippen MR) is 105 cm³/mol. The van der Waals surface area contributed by atoms with Crippen LogP contribution in [0.1, 0.15) is 28.9 Å². The lowest BCUT2D eigenvalue weighted by atomic mass is 10.1. The van der Waals surface area contributed by atoms with Crippen LogP contribution >= 0.6 is 0 Å². The number of carbonyl (C=O) groups is 2. The Labute approximate surface area is 155 Å². The van der Waals surface area contributed by atoms with Crippen LogP contribution in [0.5, 0.6) is 0 Å². The second-order valence-corrected chi connectivity index (χ2v) is 6.88. The largest absolute Gasteiger partial charge is 0.358 e. The molecular weight excluding hydrogens is 342 g/mol. The van der Waals surface area contributed by atoms with Crippen LogP contribution in [0, 0.1) is 12.8 Å². The molecule has 4 rings (SSSR count). The summed E-state index contributed by atoms with van der Waals surface area (Å²) in [6.45, 7) is 1.82. The van der Waals surface area contributed by atoms with Crippen molar-refractivity contribution in [3.05, 3.63) is 70.0 Å². The van der Waals surface area contributed by atoms with Crippen LogP contribution in [0.3, 0.4) is 0 Å². The Morgan fingerprint density at radius 2 is 1.78 bits per heavy atom. The lowest BCUT2D eigenvalue weighted by Crippen LogP contribution is -2.15. The highest BCUT2D eigenvalue weighted by Crippen LogP contribution is 2.30. The first-order valence-electron chi connectivity index (χ1n) is 8.85. The van der Waals surface area contributed by atoms with Crippen LogP contribution in [0.4, 0.5) is 11.4 Å². The number of anilines is 2. The fraction of sp³-hybridized carbons (Fsp3) is 0.190. The predicted octanol–water partition coefficient (Wildman–Crippen LogP) is 3.44. The van der Waals surface area contributed by atoms with Gasteiger partial charge in [-0.3, -0.25) is 14.4 Å². The Morgan fingerprint density at radius 3 is 2.56 bits per heavy atom. The molecule has 0 saturated heterocycles. The Morgan fingerprint density at radius 1 is 1.00 bits per heavy atom. The number of H-pyrrole nitrogens is 1. The number of aromatic amines is 1. The van der Waals surface area contributed by atoms with Crippen LogP contribution in [0.2, 0.25) is 0 Å². The number of rotatable bonds is 4. The van der Waals surface area contributed by atoms with E-state index in [1.807, 2.05) is 6.92 Å². The smallest absolute Gasteiger partial charge is 0.255 e. The van der Waals surface area contributed by atoms with Gasteiger partial charge in [0.1, 0.15) is 0 Å². The van der Waals surface area contributed by atoms with Crippen molar-refractivity contribution in [3.8, 4) is 0 Å². The summed E-state index contributed by atoms with van der Waals surface area (Å²) in [4.78, 5) is 39.7. The Bertz CT molecular complexity index is 1110. The first-order chi connectivity index (χ1) is 13.0. The van der Waals surface area contributed by atoms with Gasteiger partial charge in [0.2, 0.25) is 5.91 Å². The van der Waals surface area contributed by atoms with Crippen LogP contribution in [0.15, 0.2) is 53.3 Å². The van der Waals surface area contributed by atoms with Crippen LogP contribution in [-0.4, -0.2) is 16.8 Å². The van der Waals surface area contributed by atoms with Gasteiger partial charge in [0.25, 0.3) is 5.91 Å². The van der Waals surface area contributed by atoms with E-state index in [1.54, 1.807) is 42.5 Å².